The summed E-state index contributed by atoms with van der Waals surface area (Å²) in [6, 6.07) is 11.1. The molecule has 7 nitrogen and oxygen atoms in total. The molecule has 1 aliphatic rings. The van der Waals surface area contributed by atoms with Crippen molar-refractivity contribution in [3.63, 3.8) is 0 Å². The van der Waals surface area contributed by atoms with Crippen LogP contribution in [-0.2, 0) is 4.74 Å². The van der Waals surface area contributed by atoms with E-state index in [1.165, 1.54) is 20.3 Å². The van der Waals surface area contributed by atoms with Crippen LogP contribution in [0.4, 0.5) is 0 Å². The average Bonchev–Trinajstić information content (AvgIpc) is 2.90. The van der Waals surface area contributed by atoms with Crippen LogP contribution in [0.5, 0.6) is 11.5 Å². The van der Waals surface area contributed by atoms with Gasteiger partial charge in [-0.05, 0) is 30.3 Å². The number of hydrogen-bond acceptors (Lipinski definition) is 6. The van der Waals surface area contributed by atoms with Gasteiger partial charge in [0.05, 0.1) is 25.3 Å². The van der Waals surface area contributed by atoms with Crippen molar-refractivity contribution in [2.24, 2.45) is 0 Å². The van der Waals surface area contributed by atoms with E-state index in [1.54, 1.807) is 36.4 Å². The Bertz CT molecular complexity index is 825. The number of benzene rings is 2. The van der Waals surface area contributed by atoms with Crippen molar-refractivity contribution in [1.29, 1.82) is 0 Å². The second-order valence-corrected chi connectivity index (χ2v) is 5.21. The fraction of sp³-hybridized carbons (Fsp3) is 0.167. The Kier molecular flexibility index (Phi) is 4.38. The standard InChI is InChI=1S/C18H15NO6/c1-23-11-7-8-15(24-2)14(9-11)18(22)25-10-19-16(20)12-5-3-4-6-13(12)17(19)21/h3-9H,10H2,1-2H3. The van der Waals surface area contributed by atoms with E-state index < -0.39 is 24.5 Å². The molecule has 3 rings (SSSR count). The van der Waals surface area contributed by atoms with E-state index >= 15 is 0 Å². The van der Waals surface area contributed by atoms with E-state index in [0.717, 1.165) is 4.90 Å². The Hall–Kier alpha value is -3.35. The summed E-state index contributed by atoms with van der Waals surface area (Å²) in [6.45, 7) is -0.481. The van der Waals surface area contributed by atoms with Gasteiger partial charge in [0, 0.05) is 0 Å². The molecule has 0 bridgehead atoms. The Balaban J connectivity index is 1.76. The zero-order valence-electron chi connectivity index (χ0n) is 13.6. The van der Waals surface area contributed by atoms with Crippen LogP contribution in [0.3, 0.4) is 0 Å². The topological polar surface area (TPSA) is 82.1 Å². The highest BCUT2D eigenvalue weighted by atomic mass is 16.5. The molecule has 2 amide bonds. The van der Waals surface area contributed by atoms with Crippen molar-refractivity contribution in [1.82, 2.24) is 4.90 Å². The number of imide groups is 1. The normalized spacial score (nSPS) is 12.8. The molecule has 0 aliphatic carbocycles. The van der Waals surface area contributed by atoms with Crippen molar-refractivity contribution >= 4 is 17.8 Å². The monoisotopic (exact) mass is 341 g/mol. The predicted octanol–water partition coefficient (Wildman–Crippen LogP) is 2.11. The molecule has 2 aromatic rings. The Morgan fingerprint density at radius 3 is 2.16 bits per heavy atom. The number of esters is 1. The van der Waals surface area contributed by atoms with Gasteiger partial charge in [0.1, 0.15) is 17.1 Å². The smallest absolute Gasteiger partial charge is 0.343 e. The first-order chi connectivity index (χ1) is 12.1. The maximum Gasteiger partial charge on any atom is 0.343 e. The molecule has 2 aromatic carbocycles. The third kappa shape index (κ3) is 2.91. The van der Waals surface area contributed by atoms with Gasteiger partial charge in [0.25, 0.3) is 11.8 Å². The van der Waals surface area contributed by atoms with E-state index in [1.807, 2.05) is 0 Å². The minimum atomic E-state index is -0.729. The molecule has 0 N–H and O–H groups in total. The highest BCUT2D eigenvalue weighted by Crippen LogP contribution is 2.26. The van der Waals surface area contributed by atoms with Crippen molar-refractivity contribution in [2.45, 2.75) is 0 Å². The van der Waals surface area contributed by atoms with E-state index in [4.69, 9.17) is 14.2 Å². The quantitative estimate of drug-likeness (QED) is 0.612. The van der Waals surface area contributed by atoms with Gasteiger partial charge in [0.15, 0.2) is 6.73 Å². The number of nitrogens with zero attached hydrogens (tertiary/aromatic N) is 1. The molecule has 0 saturated carbocycles. The van der Waals surface area contributed by atoms with Crippen LogP contribution in [0.25, 0.3) is 0 Å². The third-order valence-electron chi connectivity index (χ3n) is 3.83. The highest BCUT2D eigenvalue weighted by Gasteiger charge is 2.36. The van der Waals surface area contributed by atoms with E-state index in [-0.39, 0.29) is 5.56 Å². The van der Waals surface area contributed by atoms with E-state index in [0.29, 0.717) is 22.6 Å². The molecule has 128 valence electrons. The number of hydrogen-bond donors (Lipinski definition) is 0. The number of rotatable bonds is 5. The largest absolute Gasteiger partial charge is 0.497 e. The molecule has 7 heteroatoms. The van der Waals surface area contributed by atoms with Gasteiger partial charge in [-0.15, -0.1) is 0 Å². The summed E-state index contributed by atoms with van der Waals surface area (Å²) in [7, 11) is 2.89. The molecule has 0 fully saturated rings. The minimum Gasteiger partial charge on any atom is -0.497 e. The number of fused-ring (bicyclic) bond motifs is 1. The number of carbonyl (C=O) groups is 3. The van der Waals surface area contributed by atoms with Gasteiger partial charge < -0.3 is 14.2 Å². The Morgan fingerprint density at radius 2 is 1.60 bits per heavy atom. The first-order valence-corrected chi connectivity index (χ1v) is 7.41. The van der Waals surface area contributed by atoms with Crippen molar-refractivity contribution in [3.05, 3.63) is 59.2 Å². The van der Waals surface area contributed by atoms with Crippen LogP contribution in [0.1, 0.15) is 31.1 Å². The molecular formula is C18H15NO6. The first kappa shape index (κ1) is 16.5. The van der Waals surface area contributed by atoms with Crippen LogP contribution >= 0.6 is 0 Å². The zero-order chi connectivity index (χ0) is 18.0. The molecule has 25 heavy (non-hydrogen) atoms. The first-order valence-electron chi connectivity index (χ1n) is 7.41. The van der Waals surface area contributed by atoms with E-state index in [2.05, 4.69) is 0 Å². The maximum atomic E-state index is 12.3. The lowest BCUT2D eigenvalue weighted by Crippen LogP contribution is -2.33. The van der Waals surface area contributed by atoms with Crippen LogP contribution in [0.2, 0.25) is 0 Å². The average molecular weight is 341 g/mol. The van der Waals surface area contributed by atoms with Crippen molar-refractivity contribution in [2.75, 3.05) is 21.0 Å². The zero-order valence-corrected chi connectivity index (χ0v) is 13.6. The summed E-state index contributed by atoms with van der Waals surface area (Å²) in [5.41, 5.74) is 0.725. The summed E-state index contributed by atoms with van der Waals surface area (Å²) in [5.74, 6) is -0.967. The maximum absolute atomic E-state index is 12.3. The molecular weight excluding hydrogens is 326 g/mol. The molecule has 0 aromatic heterocycles. The third-order valence-corrected chi connectivity index (χ3v) is 3.83. The highest BCUT2D eigenvalue weighted by molar-refractivity contribution is 6.21. The Morgan fingerprint density at radius 1 is 0.960 bits per heavy atom. The molecule has 1 aliphatic heterocycles. The molecule has 0 spiro atoms. The number of methoxy groups -OCH3 is 2. The van der Waals surface area contributed by atoms with E-state index in [9.17, 15) is 14.4 Å². The van der Waals surface area contributed by atoms with Crippen LogP contribution in [0, 0.1) is 0 Å². The van der Waals surface area contributed by atoms with Crippen LogP contribution in [0.15, 0.2) is 42.5 Å². The van der Waals surface area contributed by atoms with Crippen LogP contribution < -0.4 is 9.47 Å². The van der Waals surface area contributed by atoms with Gasteiger partial charge in [-0.3, -0.25) is 9.59 Å². The lowest BCUT2D eigenvalue weighted by atomic mass is 10.1. The second kappa shape index (κ2) is 6.64. The van der Waals surface area contributed by atoms with Crippen molar-refractivity contribution in [3.8, 4) is 11.5 Å². The summed E-state index contributed by atoms with van der Waals surface area (Å²) >= 11 is 0. The lowest BCUT2D eigenvalue weighted by molar-refractivity contribution is 0.0226. The van der Waals surface area contributed by atoms with Gasteiger partial charge >= 0.3 is 5.97 Å². The summed E-state index contributed by atoms with van der Waals surface area (Å²) in [4.78, 5) is 37.7. The lowest BCUT2D eigenvalue weighted by Gasteiger charge is -2.15. The molecule has 0 saturated heterocycles. The summed E-state index contributed by atoms with van der Waals surface area (Å²) in [6.07, 6.45) is 0. The SMILES string of the molecule is COc1ccc(OC)c(C(=O)OCN2C(=O)c3ccccc3C2=O)c1. The predicted molar refractivity (Wildman–Crippen MR) is 86.8 cm³/mol. The second-order valence-electron chi connectivity index (χ2n) is 5.21. The van der Waals surface area contributed by atoms with Gasteiger partial charge in [-0.25, -0.2) is 9.69 Å². The fourth-order valence-electron chi connectivity index (χ4n) is 2.53. The van der Waals surface area contributed by atoms with Gasteiger partial charge in [-0.1, -0.05) is 12.1 Å². The minimum absolute atomic E-state index is 0.137. The number of carbonyl (C=O) groups excluding carboxylic acids is 3. The van der Waals surface area contributed by atoms with Gasteiger partial charge in [-0.2, -0.15) is 0 Å². The number of amides is 2. The Labute approximate surface area is 143 Å². The molecule has 1 heterocycles. The summed E-state index contributed by atoms with van der Waals surface area (Å²) in [5, 5.41) is 0. The molecule has 0 radical (unpaired) electrons. The molecule has 0 atom stereocenters. The van der Waals surface area contributed by atoms with Crippen LogP contribution in [-0.4, -0.2) is 43.6 Å². The fourth-order valence-corrected chi connectivity index (χ4v) is 2.53. The van der Waals surface area contributed by atoms with Crippen molar-refractivity contribution < 1.29 is 28.6 Å². The summed E-state index contributed by atoms with van der Waals surface area (Å²) < 4.78 is 15.3. The molecule has 0 unspecified atom stereocenters. The van der Waals surface area contributed by atoms with Gasteiger partial charge in [0.2, 0.25) is 0 Å². The number of ether oxygens (including phenoxy) is 3.